The summed E-state index contributed by atoms with van der Waals surface area (Å²) in [5.41, 5.74) is 0.767. The van der Waals surface area contributed by atoms with E-state index in [1.807, 2.05) is 0 Å². The number of pyridine rings is 1. The number of nitro groups is 1. The molecule has 0 atom stereocenters. The molecule has 0 amide bonds. The first-order valence-electron chi connectivity index (χ1n) is 5.63. The Morgan fingerprint density at radius 2 is 1.95 bits per heavy atom. The summed E-state index contributed by atoms with van der Waals surface area (Å²) in [5, 5.41) is 10.2. The fourth-order valence-electron chi connectivity index (χ4n) is 1.46. The summed E-state index contributed by atoms with van der Waals surface area (Å²) < 4.78 is 18.1. The van der Waals surface area contributed by atoms with Crippen LogP contribution >= 0.6 is 0 Å². The average molecular weight is 262 g/mol. The van der Waals surface area contributed by atoms with E-state index < -0.39 is 0 Å². The second kappa shape index (κ2) is 5.90. The van der Waals surface area contributed by atoms with E-state index in [0.29, 0.717) is 18.1 Å². The molecule has 0 spiro atoms. The number of hydrogen-bond donors (Lipinski definition) is 0. The number of rotatable bonds is 5. The first-order chi connectivity index (χ1) is 9.13. The standard InChI is InChI=1S/C13H11FN2O3/c14-11-2-4-12(5-3-11)19-13-6-1-10(9-15-13)7-8-16(17)18/h1-6,9H,7-8H2. The van der Waals surface area contributed by atoms with Gasteiger partial charge in [0.1, 0.15) is 11.6 Å². The Morgan fingerprint density at radius 3 is 2.53 bits per heavy atom. The van der Waals surface area contributed by atoms with Crippen molar-refractivity contribution >= 4 is 0 Å². The summed E-state index contributed by atoms with van der Waals surface area (Å²) >= 11 is 0. The molecule has 0 aliphatic rings. The van der Waals surface area contributed by atoms with E-state index in [1.165, 1.54) is 30.5 Å². The van der Waals surface area contributed by atoms with E-state index in [0.717, 1.165) is 5.56 Å². The molecule has 2 aromatic rings. The Bertz CT molecular complexity index is 555. The van der Waals surface area contributed by atoms with Crippen LogP contribution in [0, 0.1) is 15.9 Å². The van der Waals surface area contributed by atoms with Crippen LogP contribution < -0.4 is 4.74 Å². The second-order valence-electron chi connectivity index (χ2n) is 3.87. The molecular formula is C13H11FN2O3. The summed E-state index contributed by atoms with van der Waals surface area (Å²) in [6.07, 6.45) is 1.86. The van der Waals surface area contributed by atoms with Crippen molar-refractivity contribution in [3.8, 4) is 11.6 Å². The minimum Gasteiger partial charge on any atom is -0.439 e. The maximum atomic E-state index is 12.7. The Balaban J connectivity index is 1.98. The molecule has 1 heterocycles. The van der Waals surface area contributed by atoms with Gasteiger partial charge in [0, 0.05) is 23.6 Å². The molecule has 0 aliphatic carbocycles. The number of hydrogen-bond acceptors (Lipinski definition) is 4. The summed E-state index contributed by atoms with van der Waals surface area (Å²) in [6.45, 7) is -0.125. The molecule has 0 bridgehead atoms. The van der Waals surface area contributed by atoms with Gasteiger partial charge in [-0.05, 0) is 29.8 Å². The number of halogens is 1. The van der Waals surface area contributed by atoms with Crippen molar-refractivity contribution in [3.05, 3.63) is 64.1 Å². The van der Waals surface area contributed by atoms with Crippen LogP contribution in [-0.4, -0.2) is 16.5 Å². The quantitative estimate of drug-likeness (QED) is 0.614. The highest BCUT2D eigenvalue weighted by molar-refractivity contribution is 5.28. The first kappa shape index (κ1) is 12.9. The summed E-state index contributed by atoms with van der Waals surface area (Å²) in [7, 11) is 0. The Kier molecular flexibility index (Phi) is 4.02. The highest BCUT2D eigenvalue weighted by atomic mass is 19.1. The normalized spacial score (nSPS) is 10.2. The smallest absolute Gasteiger partial charge is 0.219 e. The van der Waals surface area contributed by atoms with Gasteiger partial charge < -0.3 is 4.74 Å². The maximum absolute atomic E-state index is 12.7. The van der Waals surface area contributed by atoms with Crippen LogP contribution in [0.2, 0.25) is 0 Å². The van der Waals surface area contributed by atoms with Crippen molar-refractivity contribution in [3.63, 3.8) is 0 Å². The zero-order valence-corrected chi connectivity index (χ0v) is 9.95. The van der Waals surface area contributed by atoms with Gasteiger partial charge in [0.05, 0.1) is 0 Å². The molecule has 0 radical (unpaired) electrons. The topological polar surface area (TPSA) is 65.3 Å². The van der Waals surface area contributed by atoms with Crippen LogP contribution in [0.25, 0.3) is 0 Å². The predicted octanol–water partition coefficient (Wildman–Crippen LogP) is 2.83. The van der Waals surface area contributed by atoms with Crippen LogP contribution in [0.1, 0.15) is 5.56 Å². The van der Waals surface area contributed by atoms with Crippen molar-refractivity contribution in [1.29, 1.82) is 0 Å². The van der Waals surface area contributed by atoms with Gasteiger partial charge in [-0.1, -0.05) is 6.07 Å². The highest BCUT2D eigenvalue weighted by Gasteiger charge is 2.02. The van der Waals surface area contributed by atoms with Gasteiger partial charge in [0.2, 0.25) is 12.4 Å². The molecule has 1 aromatic carbocycles. The molecule has 19 heavy (non-hydrogen) atoms. The molecule has 6 heteroatoms. The van der Waals surface area contributed by atoms with Gasteiger partial charge in [0.25, 0.3) is 0 Å². The van der Waals surface area contributed by atoms with Crippen molar-refractivity contribution in [1.82, 2.24) is 4.98 Å². The van der Waals surface area contributed by atoms with E-state index in [9.17, 15) is 14.5 Å². The third-order valence-electron chi connectivity index (χ3n) is 2.42. The van der Waals surface area contributed by atoms with Gasteiger partial charge in [-0.15, -0.1) is 0 Å². The number of aromatic nitrogens is 1. The van der Waals surface area contributed by atoms with Gasteiger partial charge >= 0.3 is 0 Å². The third-order valence-corrected chi connectivity index (χ3v) is 2.42. The molecular weight excluding hydrogens is 251 g/mol. The molecule has 0 saturated heterocycles. The van der Waals surface area contributed by atoms with Crippen LogP contribution in [0.5, 0.6) is 11.6 Å². The summed E-state index contributed by atoms with van der Waals surface area (Å²) in [5.74, 6) is 0.499. The summed E-state index contributed by atoms with van der Waals surface area (Å²) in [6, 6.07) is 8.92. The van der Waals surface area contributed by atoms with Crippen LogP contribution in [0.3, 0.4) is 0 Å². The Hall–Kier alpha value is -2.50. The lowest BCUT2D eigenvalue weighted by Gasteiger charge is -2.05. The number of ether oxygens (including phenoxy) is 1. The fourth-order valence-corrected chi connectivity index (χ4v) is 1.46. The third kappa shape index (κ3) is 4.02. The predicted molar refractivity (Wildman–Crippen MR) is 66.3 cm³/mol. The number of benzene rings is 1. The molecule has 5 nitrogen and oxygen atoms in total. The maximum Gasteiger partial charge on any atom is 0.219 e. The van der Waals surface area contributed by atoms with Crippen molar-refractivity contribution in [2.45, 2.75) is 6.42 Å². The van der Waals surface area contributed by atoms with E-state index in [4.69, 9.17) is 4.74 Å². The molecule has 0 saturated carbocycles. The molecule has 98 valence electrons. The van der Waals surface area contributed by atoms with Gasteiger partial charge in [-0.2, -0.15) is 0 Å². The fraction of sp³-hybridized carbons (Fsp3) is 0.154. The van der Waals surface area contributed by atoms with E-state index >= 15 is 0 Å². The Labute approximate surface area is 108 Å². The Morgan fingerprint density at radius 1 is 1.21 bits per heavy atom. The van der Waals surface area contributed by atoms with Crippen LogP contribution in [0.4, 0.5) is 4.39 Å². The summed E-state index contributed by atoms with van der Waals surface area (Å²) in [4.78, 5) is 13.9. The van der Waals surface area contributed by atoms with Gasteiger partial charge in [-0.3, -0.25) is 10.1 Å². The minimum absolute atomic E-state index is 0.125. The highest BCUT2D eigenvalue weighted by Crippen LogP contribution is 2.19. The van der Waals surface area contributed by atoms with Crippen molar-refractivity contribution in [2.24, 2.45) is 0 Å². The molecule has 0 N–H and O–H groups in total. The average Bonchev–Trinajstić information content (AvgIpc) is 2.40. The van der Waals surface area contributed by atoms with Gasteiger partial charge in [-0.25, -0.2) is 9.37 Å². The molecule has 0 aliphatic heterocycles. The largest absolute Gasteiger partial charge is 0.439 e. The van der Waals surface area contributed by atoms with Crippen LogP contribution in [0.15, 0.2) is 42.6 Å². The van der Waals surface area contributed by atoms with E-state index in [1.54, 1.807) is 12.1 Å². The molecule has 0 unspecified atom stereocenters. The van der Waals surface area contributed by atoms with E-state index in [2.05, 4.69) is 4.98 Å². The lowest BCUT2D eigenvalue weighted by molar-refractivity contribution is -0.479. The number of nitrogens with zero attached hydrogens (tertiary/aromatic N) is 2. The van der Waals surface area contributed by atoms with E-state index in [-0.39, 0.29) is 17.3 Å². The van der Waals surface area contributed by atoms with Gasteiger partial charge in [0.15, 0.2) is 0 Å². The second-order valence-corrected chi connectivity index (χ2v) is 3.87. The lowest BCUT2D eigenvalue weighted by Crippen LogP contribution is -2.04. The zero-order valence-electron chi connectivity index (χ0n) is 9.95. The van der Waals surface area contributed by atoms with Crippen molar-refractivity contribution in [2.75, 3.05) is 6.54 Å². The van der Waals surface area contributed by atoms with Crippen molar-refractivity contribution < 1.29 is 14.1 Å². The SMILES string of the molecule is O=[N+]([O-])CCc1ccc(Oc2ccc(F)cc2)nc1. The lowest BCUT2D eigenvalue weighted by atomic mass is 10.2. The molecule has 1 aromatic heterocycles. The zero-order chi connectivity index (χ0) is 13.7. The monoisotopic (exact) mass is 262 g/mol. The van der Waals surface area contributed by atoms with Crippen LogP contribution in [-0.2, 0) is 6.42 Å². The molecule has 2 rings (SSSR count). The minimum atomic E-state index is -0.372. The molecule has 0 fully saturated rings. The first-order valence-corrected chi connectivity index (χ1v) is 5.63.